The molecule has 9 heteroatoms. The average Bonchev–Trinajstić information content (AvgIpc) is 2.82. The van der Waals surface area contributed by atoms with Crippen molar-refractivity contribution in [3.63, 3.8) is 0 Å². The Balaban J connectivity index is 1.72. The molecule has 0 amide bonds. The van der Waals surface area contributed by atoms with Gasteiger partial charge in [0.05, 0.1) is 7.11 Å². The largest absolute Gasteiger partial charge is 0.534 e. The smallest absolute Gasteiger partial charge is 0.497 e. The van der Waals surface area contributed by atoms with Crippen LogP contribution in [0.5, 0.6) is 11.5 Å². The first-order valence-electron chi connectivity index (χ1n) is 10.4. The SMILES string of the molecule is COc1ccc(C2=C(OS(=O)(=O)C(F)(F)F)c3ccc(OCc4ccccc4)cc3CC2)cc1. The highest BCUT2D eigenvalue weighted by Crippen LogP contribution is 2.42. The van der Waals surface area contributed by atoms with Crippen molar-refractivity contribution in [3.8, 4) is 11.5 Å². The van der Waals surface area contributed by atoms with Crippen molar-refractivity contribution in [1.82, 2.24) is 0 Å². The van der Waals surface area contributed by atoms with Crippen LogP contribution in [0.15, 0.2) is 72.8 Å². The van der Waals surface area contributed by atoms with E-state index in [2.05, 4.69) is 0 Å². The fraction of sp³-hybridized carbons (Fsp3) is 0.200. The van der Waals surface area contributed by atoms with Crippen molar-refractivity contribution >= 4 is 21.5 Å². The molecule has 3 aromatic carbocycles. The summed E-state index contributed by atoms with van der Waals surface area (Å²) in [6, 6.07) is 20.9. The van der Waals surface area contributed by atoms with Crippen LogP contribution in [-0.2, 0) is 27.3 Å². The fourth-order valence-corrected chi connectivity index (χ4v) is 4.19. The minimum absolute atomic E-state index is 0.275. The molecule has 1 aliphatic rings. The van der Waals surface area contributed by atoms with Gasteiger partial charge >= 0.3 is 15.6 Å². The number of alkyl halides is 3. The monoisotopic (exact) mass is 490 g/mol. The van der Waals surface area contributed by atoms with Gasteiger partial charge in [-0.15, -0.1) is 0 Å². The van der Waals surface area contributed by atoms with E-state index < -0.39 is 15.6 Å². The van der Waals surface area contributed by atoms with Crippen molar-refractivity contribution in [3.05, 3.63) is 95.1 Å². The van der Waals surface area contributed by atoms with Gasteiger partial charge in [-0.25, -0.2) is 0 Å². The van der Waals surface area contributed by atoms with Gasteiger partial charge in [-0.2, -0.15) is 21.6 Å². The predicted molar refractivity (Wildman–Crippen MR) is 121 cm³/mol. The highest BCUT2D eigenvalue weighted by Gasteiger charge is 2.49. The third kappa shape index (κ3) is 5.04. The summed E-state index contributed by atoms with van der Waals surface area (Å²) in [4.78, 5) is 0. The number of aryl methyl sites for hydroxylation is 1. The number of ether oxygens (including phenoxy) is 2. The molecule has 4 rings (SSSR count). The van der Waals surface area contributed by atoms with Crippen molar-refractivity contribution in [1.29, 1.82) is 0 Å². The summed E-state index contributed by atoms with van der Waals surface area (Å²) in [7, 11) is -4.37. The van der Waals surface area contributed by atoms with Crippen LogP contribution in [0.1, 0.15) is 28.7 Å². The molecule has 34 heavy (non-hydrogen) atoms. The van der Waals surface area contributed by atoms with Crippen LogP contribution in [0.3, 0.4) is 0 Å². The topological polar surface area (TPSA) is 61.8 Å². The molecule has 0 radical (unpaired) electrons. The maximum absolute atomic E-state index is 13.1. The Labute approximate surface area is 195 Å². The zero-order chi connectivity index (χ0) is 24.3. The zero-order valence-electron chi connectivity index (χ0n) is 18.1. The van der Waals surface area contributed by atoms with Gasteiger partial charge in [-0.05, 0) is 59.9 Å². The molecule has 0 aliphatic heterocycles. The quantitative estimate of drug-likeness (QED) is 0.302. The molecule has 0 atom stereocenters. The van der Waals surface area contributed by atoms with Gasteiger partial charge in [0.2, 0.25) is 0 Å². The number of hydrogen-bond donors (Lipinski definition) is 0. The molecular weight excluding hydrogens is 469 g/mol. The van der Waals surface area contributed by atoms with E-state index in [1.165, 1.54) is 13.2 Å². The van der Waals surface area contributed by atoms with E-state index in [1.54, 1.807) is 36.4 Å². The van der Waals surface area contributed by atoms with E-state index in [4.69, 9.17) is 13.7 Å². The summed E-state index contributed by atoms with van der Waals surface area (Å²) < 4.78 is 78.9. The van der Waals surface area contributed by atoms with Crippen LogP contribution in [-0.4, -0.2) is 21.0 Å². The standard InChI is InChI=1S/C25H21F3O5S/c1-31-20-10-7-18(8-11-20)22-13-9-19-15-21(32-16-17-5-3-2-4-6-17)12-14-23(19)24(22)33-34(29,30)25(26,27)28/h2-8,10-12,14-15H,9,13,16H2,1H3. The average molecular weight is 490 g/mol. The second-order valence-electron chi connectivity index (χ2n) is 7.61. The number of halogens is 3. The molecule has 0 aromatic heterocycles. The molecule has 0 saturated carbocycles. The lowest BCUT2D eigenvalue weighted by molar-refractivity contribution is -0.0509. The molecule has 5 nitrogen and oxygen atoms in total. The van der Waals surface area contributed by atoms with E-state index in [1.807, 2.05) is 30.3 Å². The van der Waals surface area contributed by atoms with Crippen LogP contribution >= 0.6 is 0 Å². The van der Waals surface area contributed by atoms with Gasteiger partial charge in [0.15, 0.2) is 5.76 Å². The maximum atomic E-state index is 13.1. The number of fused-ring (bicyclic) bond motifs is 1. The first kappa shape index (κ1) is 23.7. The molecular formula is C25H21F3O5S. The lowest BCUT2D eigenvalue weighted by atomic mass is 9.87. The summed E-state index contributed by atoms with van der Waals surface area (Å²) in [5.41, 5.74) is -2.78. The van der Waals surface area contributed by atoms with E-state index in [9.17, 15) is 21.6 Å². The van der Waals surface area contributed by atoms with E-state index in [0.717, 1.165) is 5.56 Å². The Kier molecular flexibility index (Phi) is 6.56. The zero-order valence-corrected chi connectivity index (χ0v) is 18.9. The van der Waals surface area contributed by atoms with Gasteiger partial charge in [0.1, 0.15) is 18.1 Å². The first-order chi connectivity index (χ1) is 16.2. The Morgan fingerprint density at radius 1 is 0.882 bits per heavy atom. The second kappa shape index (κ2) is 9.42. The number of hydrogen-bond acceptors (Lipinski definition) is 5. The fourth-order valence-electron chi connectivity index (χ4n) is 3.68. The summed E-state index contributed by atoms with van der Waals surface area (Å²) in [5.74, 6) is 0.748. The Hall–Kier alpha value is -3.46. The lowest BCUT2D eigenvalue weighted by Crippen LogP contribution is -2.26. The van der Waals surface area contributed by atoms with Crippen molar-refractivity contribution in [2.45, 2.75) is 25.0 Å². The molecule has 0 heterocycles. The van der Waals surface area contributed by atoms with E-state index >= 15 is 0 Å². The first-order valence-corrected chi connectivity index (χ1v) is 11.8. The van der Waals surface area contributed by atoms with Crippen molar-refractivity contribution in [2.24, 2.45) is 0 Å². The third-order valence-corrected chi connectivity index (χ3v) is 6.36. The molecule has 0 bridgehead atoms. The van der Waals surface area contributed by atoms with E-state index in [0.29, 0.717) is 41.2 Å². The third-order valence-electron chi connectivity index (χ3n) is 5.40. The predicted octanol–water partition coefficient (Wildman–Crippen LogP) is 5.95. The van der Waals surface area contributed by atoms with Crippen LogP contribution < -0.4 is 9.47 Å². The van der Waals surface area contributed by atoms with Gasteiger partial charge in [-0.3, -0.25) is 0 Å². The highest BCUT2D eigenvalue weighted by atomic mass is 32.2. The number of benzene rings is 3. The molecule has 0 N–H and O–H groups in total. The van der Waals surface area contributed by atoms with Gasteiger partial charge < -0.3 is 13.7 Å². The number of rotatable bonds is 7. The molecule has 1 aliphatic carbocycles. The molecule has 0 fully saturated rings. The van der Waals surface area contributed by atoms with E-state index in [-0.39, 0.29) is 17.7 Å². The summed E-state index contributed by atoms with van der Waals surface area (Å²) in [6.45, 7) is 0.318. The lowest BCUT2D eigenvalue weighted by Gasteiger charge is -2.24. The minimum atomic E-state index is -5.86. The summed E-state index contributed by atoms with van der Waals surface area (Å²) >= 11 is 0. The second-order valence-corrected chi connectivity index (χ2v) is 9.15. The molecule has 0 saturated heterocycles. The molecule has 178 valence electrons. The number of allylic oxidation sites excluding steroid dienone is 1. The van der Waals surface area contributed by atoms with Crippen LogP contribution in [0, 0.1) is 0 Å². The van der Waals surface area contributed by atoms with Crippen LogP contribution in [0.4, 0.5) is 13.2 Å². The summed E-state index contributed by atoms with van der Waals surface area (Å²) in [6.07, 6.45) is 0.752. The van der Waals surface area contributed by atoms with Crippen LogP contribution in [0.2, 0.25) is 0 Å². The molecule has 0 spiro atoms. The Bertz CT molecular complexity index is 1300. The van der Waals surface area contributed by atoms with Gasteiger partial charge in [0.25, 0.3) is 0 Å². The summed E-state index contributed by atoms with van der Waals surface area (Å²) in [5, 5.41) is 0. The van der Waals surface area contributed by atoms with Crippen molar-refractivity contribution in [2.75, 3.05) is 7.11 Å². The van der Waals surface area contributed by atoms with Gasteiger partial charge in [0, 0.05) is 11.1 Å². The Morgan fingerprint density at radius 2 is 1.56 bits per heavy atom. The normalized spacial score (nSPS) is 13.9. The highest BCUT2D eigenvalue weighted by molar-refractivity contribution is 7.87. The van der Waals surface area contributed by atoms with Crippen LogP contribution in [0.25, 0.3) is 11.3 Å². The van der Waals surface area contributed by atoms with Crippen molar-refractivity contribution < 1.29 is 35.2 Å². The minimum Gasteiger partial charge on any atom is -0.497 e. The maximum Gasteiger partial charge on any atom is 0.534 e. The number of methoxy groups -OCH3 is 1. The molecule has 3 aromatic rings. The molecule has 0 unspecified atom stereocenters. The Morgan fingerprint density at radius 3 is 2.21 bits per heavy atom. The van der Waals surface area contributed by atoms with Gasteiger partial charge in [-0.1, -0.05) is 42.5 Å².